The van der Waals surface area contributed by atoms with Crippen molar-refractivity contribution in [3.05, 3.63) is 53.5 Å². The van der Waals surface area contributed by atoms with E-state index in [0.29, 0.717) is 0 Å². The first-order valence-electron chi connectivity index (χ1n) is 7.25. The molecule has 0 radical (unpaired) electrons. The van der Waals surface area contributed by atoms with E-state index in [4.69, 9.17) is 4.42 Å². The van der Waals surface area contributed by atoms with Crippen molar-refractivity contribution in [2.45, 2.75) is 33.4 Å². The number of rotatable bonds is 7. The van der Waals surface area contributed by atoms with Crippen LogP contribution in [0.3, 0.4) is 0 Å². The second-order valence-corrected chi connectivity index (χ2v) is 5.19. The van der Waals surface area contributed by atoms with Crippen LogP contribution in [0.15, 0.2) is 40.8 Å². The lowest BCUT2D eigenvalue weighted by molar-refractivity contribution is 0.446. The van der Waals surface area contributed by atoms with Gasteiger partial charge in [0.2, 0.25) is 0 Å². The maximum Gasteiger partial charge on any atom is 0.123 e. The number of benzene rings is 1. The standard InChI is InChI=1S/C17H24N2O/c1-4-11-18-12-15-9-10-16(20-15)13-19(3)17-8-6-5-7-14(17)2/h5-10,18H,4,11-13H2,1-3H3. The van der Waals surface area contributed by atoms with Crippen LogP contribution in [-0.4, -0.2) is 13.6 Å². The number of nitrogens with one attached hydrogen (secondary N) is 1. The summed E-state index contributed by atoms with van der Waals surface area (Å²) in [5.74, 6) is 2.01. The van der Waals surface area contributed by atoms with E-state index in [9.17, 15) is 0 Å². The number of aryl methyl sites for hydroxylation is 1. The highest BCUT2D eigenvalue weighted by Gasteiger charge is 2.08. The Labute approximate surface area is 121 Å². The number of nitrogens with zero attached hydrogens (tertiary/aromatic N) is 1. The van der Waals surface area contributed by atoms with E-state index >= 15 is 0 Å². The van der Waals surface area contributed by atoms with Gasteiger partial charge in [0.25, 0.3) is 0 Å². The largest absolute Gasteiger partial charge is 0.463 e. The highest BCUT2D eigenvalue weighted by atomic mass is 16.3. The minimum atomic E-state index is 0.790. The van der Waals surface area contributed by atoms with Crippen molar-refractivity contribution in [3.8, 4) is 0 Å². The van der Waals surface area contributed by atoms with Gasteiger partial charge in [0.1, 0.15) is 11.5 Å². The van der Waals surface area contributed by atoms with Crippen LogP contribution in [0.4, 0.5) is 5.69 Å². The second kappa shape index (κ2) is 7.15. The lowest BCUT2D eigenvalue weighted by Crippen LogP contribution is -2.17. The molecule has 0 unspecified atom stereocenters. The molecule has 0 amide bonds. The van der Waals surface area contributed by atoms with Crippen molar-refractivity contribution in [2.75, 3.05) is 18.5 Å². The third kappa shape index (κ3) is 3.87. The van der Waals surface area contributed by atoms with Gasteiger partial charge < -0.3 is 14.6 Å². The molecule has 0 saturated carbocycles. The molecule has 1 heterocycles. The van der Waals surface area contributed by atoms with E-state index in [1.807, 2.05) is 0 Å². The maximum absolute atomic E-state index is 5.86. The van der Waals surface area contributed by atoms with E-state index in [1.165, 1.54) is 11.3 Å². The van der Waals surface area contributed by atoms with Crippen molar-refractivity contribution < 1.29 is 4.42 Å². The first-order chi connectivity index (χ1) is 9.70. The smallest absolute Gasteiger partial charge is 0.123 e. The van der Waals surface area contributed by atoms with E-state index in [2.05, 4.69) is 67.5 Å². The van der Waals surface area contributed by atoms with Crippen molar-refractivity contribution in [3.63, 3.8) is 0 Å². The number of hydrogen-bond donors (Lipinski definition) is 1. The van der Waals surface area contributed by atoms with Crippen LogP contribution in [0, 0.1) is 6.92 Å². The molecule has 0 saturated heterocycles. The van der Waals surface area contributed by atoms with E-state index in [1.54, 1.807) is 0 Å². The molecule has 0 aliphatic heterocycles. The van der Waals surface area contributed by atoms with Crippen LogP contribution in [0.5, 0.6) is 0 Å². The molecule has 3 heteroatoms. The van der Waals surface area contributed by atoms with Gasteiger partial charge in [-0.1, -0.05) is 25.1 Å². The zero-order chi connectivity index (χ0) is 14.4. The Morgan fingerprint density at radius 2 is 1.85 bits per heavy atom. The third-order valence-electron chi connectivity index (χ3n) is 3.36. The molecule has 0 aliphatic rings. The Bertz CT molecular complexity index is 533. The van der Waals surface area contributed by atoms with Gasteiger partial charge in [0, 0.05) is 12.7 Å². The average molecular weight is 272 g/mol. The van der Waals surface area contributed by atoms with Gasteiger partial charge in [0.05, 0.1) is 13.1 Å². The predicted octanol–water partition coefficient (Wildman–Crippen LogP) is 3.72. The SMILES string of the molecule is CCCNCc1ccc(CN(C)c2ccccc2C)o1. The van der Waals surface area contributed by atoms with Crippen molar-refractivity contribution in [2.24, 2.45) is 0 Å². The molecule has 2 aromatic rings. The topological polar surface area (TPSA) is 28.4 Å². The lowest BCUT2D eigenvalue weighted by Gasteiger charge is -2.20. The van der Waals surface area contributed by atoms with E-state index in [0.717, 1.165) is 37.6 Å². The van der Waals surface area contributed by atoms with Crippen LogP contribution in [0.25, 0.3) is 0 Å². The van der Waals surface area contributed by atoms with Gasteiger partial charge in [-0.25, -0.2) is 0 Å². The van der Waals surface area contributed by atoms with Gasteiger partial charge in [-0.2, -0.15) is 0 Å². The maximum atomic E-state index is 5.86. The Morgan fingerprint density at radius 1 is 1.10 bits per heavy atom. The fourth-order valence-electron chi connectivity index (χ4n) is 2.30. The van der Waals surface area contributed by atoms with E-state index < -0.39 is 0 Å². The molecule has 108 valence electrons. The monoisotopic (exact) mass is 272 g/mol. The molecule has 20 heavy (non-hydrogen) atoms. The summed E-state index contributed by atoms with van der Waals surface area (Å²) in [6, 6.07) is 12.5. The van der Waals surface area contributed by atoms with E-state index in [-0.39, 0.29) is 0 Å². The first-order valence-corrected chi connectivity index (χ1v) is 7.25. The number of hydrogen-bond acceptors (Lipinski definition) is 3. The second-order valence-electron chi connectivity index (χ2n) is 5.19. The average Bonchev–Trinajstić information content (AvgIpc) is 2.87. The highest BCUT2D eigenvalue weighted by Crippen LogP contribution is 2.20. The van der Waals surface area contributed by atoms with Gasteiger partial charge >= 0.3 is 0 Å². The lowest BCUT2D eigenvalue weighted by atomic mass is 10.2. The fraction of sp³-hybridized carbons (Fsp3) is 0.412. The summed E-state index contributed by atoms with van der Waals surface area (Å²) in [6.07, 6.45) is 1.14. The van der Waals surface area contributed by atoms with Crippen molar-refractivity contribution in [1.82, 2.24) is 5.32 Å². The molecular formula is C17H24N2O. The Hall–Kier alpha value is -1.74. The minimum absolute atomic E-state index is 0.790. The first kappa shape index (κ1) is 14.7. The summed E-state index contributed by atoms with van der Waals surface area (Å²) in [6.45, 7) is 6.92. The normalized spacial score (nSPS) is 10.8. The number of anilines is 1. The molecule has 3 nitrogen and oxygen atoms in total. The van der Waals surface area contributed by atoms with Crippen LogP contribution in [0.1, 0.15) is 30.4 Å². The highest BCUT2D eigenvalue weighted by molar-refractivity contribution is 5.52. The minimum Gasteiger partial charge on any atom is -0.463 e. The fourth-order valence-corrected chi connectivity index (χ4v) is 2.30. The molecule has 1 aromatic heterocycles. The zero-order valence-electron chi connectivity index (χ0n) is 12.6. The zero-order valence-corrected chi connectivity index (χ0v) is 12.6. The molecule has 0 spiro atoms. The summed E-state index contributed by atoms with van der Waals surface area (Å²) in [7, 11) is 2.10. The quantitative estimate of drug-likeness (QED) is 0.779. The molecule has 0 bridgehead atoms. The summed E-state index contributed by atoms with van der Waals surface area (Å²) < 4.78 is 5.86. The Morgan fingerprint density at radius 3 is 2.60 bits per heavy atom. The molecular weight excluding hydrogens is 248 g/mol. The van der Waals surface area contributed by atoms with Crippen molar-refractivity contribution >= 4 is 5.69 Å². The van der Waals surface area contributed by atoms with Gasteiger partial charge in [-0.3, -0.25) is 0 Å². The van der Waals surface area contributed by atoms with Crippen LogP contribution >= 0.6 is 0 Å². The molecule has 1 aromatic carbocycles. The molecule has 0 atom stereocenters. The number of para-hydroxylation sites is 1. The summed E-state index contributed by atoms with van der Waals surface area (Å²) in [5, 5.41) is 3.35. The molecule has 0 fully saturated rings. The van der Waals surface area contributed by atoms with Gasteiger partial charge in [-0.15, -0.1) is 0 Å². The van der Waals surface area contributed by atoms with Crippen LogP contribution < -0.4 is 10.2 Å². The number of furan rings is 1. The molecule has 2 rings (SSSR count). The predicted molar refractivity (Wildman–Crippen MR) is 84.0 cm³/mol. The Kier molecular flexibility index (Phi) is 5.24. The van der Waals surface area contributed by atoms with Gasteiger partial charge in [-0.05, 0) is 43.7 Å². The molecule has 1 N–H and O–H groups in total. The molecule has 0 aliphatic carbocycles. The van der Waals surface area contributed by atoms with Crippen LogP contribution in [-0.2, 0) is 13.1 Å². The van der Waals surface area contributed by atoms with Gasteiger partial charge in [0.15, 0.2) is 0 Å². The Balaban J connectivity index is 1.95. The van der Waals surface area contributed by atoms with Crippen LogP contribution in [0.2, 0.25) is 0 Å². The summed E-state index contributed by atoms with van der Waals surface area (Å²) >= 11 is 0. The summed E-state index contributed by atoms with van der Waals surface area (Å²) in [5.41, 5.74) is 2.53. The third-order valence-corrected chi connectivity index (χ3v) is 3.36. The summed E-state index contributed by atoms with van der Waals surface area (Å²) in [4.78, 5) is 2.22. The van der Waals surface area contributed by atoms with Crippen molar-refractivity contribution in [1.29, 1.82) is 0 Å².